The van der Waals surface area contributed by atoms with E-state index in [4.69, 9.17) is 4.74 Å². The minimum absolute atomic E-state index is 0.437. The van der Waals surface area contributed by atoms with Gasteiger partial charge in [-0.25, -0.2) is 4.79 Å². The van der Waals surface area contributed by atoms with Crippen molar-refractivity contribution >= 4 is 17.7 Å². The van der Waals surface area contributed by atoms with Crippen LogP contribution in [0, 0.1) is 5.92 Å². The summed E-state index contributed by atoms with van der Waals surface area (Å²) in [4.78, 5) is 11.5. The summed E-state index contributed by atoms with van der Waals surface area (Å²) < 4.78 is 5.15. The molecule has 0 heterocycles. The van der Waals surface area contributed by atoms with Gasteiger partial charge in [0.1, 0.15) is 0 Å². The summed E-state index contributed by atoms with van der Waals surface area (Å²) in [5.74, 6) is 0.754. The van der Waals surface area contributed by atoms with Crippen molar-refractivity contribution in [3.63, 3.8) is 0 Å². The lowest BCUT2D eigenvalue weighted by atomic mass is 10.0. The molecule has 0 spiro atoms. The number of carbonyl (C=O) groups is 1. The first-order valence-corrected chi connectivity index (χ1v) is 7.88. The molecule has 0 aromatic heterocycles. The van der Waals surface area contributed by atoms with Crippen LogP contribution in [0.2, 0.25) is 0 Å². The molecule has 0 aromatic rings. The molecule has 0 rings (SSSR count). The molecule has 0 radical (unpaired) electrons. The standard InChI is InChI=1S/C13H26O3S/c1-4-6-7-11(5-2)10-16-13(15)12(14)8-9-17-3/h11-12,14H,4-10H2,1-3H3. The highest BCUT2D eigenvalue weighted by molar-refractivity contribution is 7.98. The summed E-state index contributed by atoms with van der Waals surface area (Å²) in [6.07, 6.45) is 5.94. The van der Waals surface area contributed by atoms with Crippen molar-refractivity contribution in [2.45, 2.75) is 52.1 Å². The maximum Gasteiger partial charge on any atom is 0.334 e. The van der Waals surface area contributed by atoms with Crippen molar-refractivity contribution in [1.29, 1.82) is 0 Å². The molecule has 2 unspecified atom stereocenters. The highest BCUT2D eigenvalue weighted by Gasteiger charge is 2.17. The molecule has 0 aliphatic rings. The second kappa shape index (κ2) is 10.9. The monoisotopic (exact) mass is 262 g/mol. The van der Waals surface area contributed by atoms with Crippen molar-refractivity contribution in [3.8, 4) is 0 Å². The summed E-state index contributed by atoms with van der Waals surface area (Å²) in [5.41, 5.74) is 0. The summed E-state index contributed by atoms with van der Waals surface area (Å²) in [5, 5.41) is 9.52. The molecule has 0 aromatic carbocycles. The van der Waals surface area contributed by atoms with Crippen LogP contribution in [0.5, 0.6) is 0 Å². The first kappa shape index (κ1) is 16.8. The third kappa shape index (κ3) is 8.50. The smallest absolute Gasteiger partial charge is 0.334 e. The minimum atomic E-state index is -0.953. The fourth-order valence-corrected chi connectivity index (χ4v) is 2.00. The number of aliphatic hydroxyl groups is 1. The number of carbonyl (C=O) groups excluding carboxylic acids is 1. The van der Waals surface area contributed by atoms with Gasteiger partial charge in [-0.1, -0.05) is 33.1 Å². The number of unbranched alkanes of at least 4 members (excludes halogenated alkanes) is 1. The fourth-order valence-electron chi connectivity index (χ4n) is 1.54. The van der Waals surface area contributed by atoms with Crippen LogP contribution in [-0.2, 0) is 9.53 Å². The van der Waals surface area contributed by atoms with Crippen molar-refractivity contribution < 1.29 is 14.6 Å². The van der Waals surface area contributed by atoms with Gasteiger partial charge >= 0.3 is 5.97 Å². The summed E-state index contributed by atoms with van der Waals surface area (Å²) >= 11 is 1.62. The number of rotatable bonds is 10. The van der Waals surface area contributed by atoms with Gasteiger partial charge < -0.3 is 9.84 Å². The normalized spacial score (nSPS) is 14.4. The predicted molar refractivity (Wildman–Crippen MR) is 73.3 cm³/mol. The SMILES string of the molecule is CCCCC(CC)COC(=O)C(O)CCSC. The van der Waals surface area contributed by atoms with E-state index < -0.39 is 12.1 Å². The molecule has 1 N–H and O–H groups in total. The summed E-state index contributed by atoms with van der Waals surface area (Å²) in [6, 6.07) is 0. The van der Waals surface area contributed by atoms with Crippen molar-refractivity contribution in [1.82, 2.24) is 0 Å². The second-order valence-corrected chi connectivity index (χ2v) is 5.33. The van der Waals surface area contributed by atoms with Crippen LogP contribution in [0.25, 0.3) is 0 Å². The van der Waals surface area contributed by atoms with Crippen LogP contribution in [0.3, 0.4) is 0 Å². The van der Waals surface area contributed by atoms with E-state index in [2.05, 4.69) is 13.8 Å². The van der Waals surface area contributed by atoms with Gasteiger partial charge in [-0.15, -0.1) is 0 Å². The molecule has 3 nitrogen and oxygen atoms in total. The van der Waals surface area contributed by atoms with E-state index in [0.717, 1.165) is 18.6 Å². The van der Waals surface area contributed by atoms with Crippen LogP contribution in [-0.4, -0.2) is 35.8 Å². The lowest BCUT2D eigenvalue weighted by Gasteiger charge is -2.16. The van der Waals surface area contributed by atoms with Crippen molar-refractivity contribution in [3.05, 3.63) is 0 Å². The van der Waals surface area contributed by atoms with Gasteiger partial charge in [0.2, 0.25) is 0 Å². The molecular formula is C13H26O3S. The quantitative estimate of drug-likeness (QED) is 0.615. The Labute approximate surface area is 109 Å². The lowest BCUT2D eigenvalue weighted by Crippen LogP contribution is -2.26. The number of esters is 1. The van der Waals surface area contributed by atoms with Crippen molar-refractivity contribution in [2.24, 2.45) is 5.92 Å². The first-order chi connectivity index (χ1) is 8.15. The molecule has 0 amide bonds. The number of hydrogen-bond donors (Lipinski definition) is 1. The minimum Gasteiger partial charge on any atom is -0.463 e. The zero-order chi connectivity index (χ0) is 13.1. The van der Waals surface area contributed by atoms with E-state index >= 15 is 0 Å². The molecule has 0 saturated carbocycles. The Balaban J connectivity index is 3.78. The van der Waals surface area contributed by atoms with E-state index in [-0.39, 0.29) is 0 Å². The number of aliphatic hydroxyl groups excluding tert-OH is 1. The molecule has 17 heavy (non-hydrogen) atoms. The zero-order valence-corrected chi connectivity index (χ0v) is 12.1. The largest absolute Gasteiger partial charge is 0.463 e. The summed E-state index contributed by atoms with van der Waals surface area (Å²) in [7, 11) is 0. The predicted octanol–water partition coefficient (Wildman–Crippen LogP) is 2.86. The molecule has 0 aliphatic heterocycles. The second-order valence-electron chi connectivity index (χ2n) is 4.34. The topological polar surface area (TPSA) is 46.5 Å². The van der Waals surface area contributed by atoms with Crippen LogP contribution in [0.15, 0.2) is 0 Å². The van der Waals surface area contributed by atoms with Gasteiger partial charge in [0, 0.05) is 0 Å². The van der Waals surface area contributed by atoms with Gasteiger partial charge in [0.15, 0.2) is 6.10 Å². The molecular weight excluding hydrogens is 236 g/mol. The Morgan fingerprint density at radius 2 is 2.06 bits per heavy atom. The average molecular weight is 262 g/mol. The molecule has 0 aliphatic carbocycles. The molecule has 4 heteroatoms. The Hall–Kier alpha value is -0.220. The van der Waals surface area contributed by atoms with Gasteiger partial charge in [0.25, 0.3) is 0 Å². The fraction of sp³-hybridized carbons (Fsp3) is 0.923. The van der Waals surface area contributed by atoms with Gasteiger partial charge in [-0.05, 0) is 30.8 Å². The van der Waals surface area contributed by atoms with Crippen LogP contribution in [0.4, 0.5) is 0 Å². The Morgan fingerprint density at radius 3 is 2.59 bits per heavy atom. The van der Waals surface area contributed by atoms with E-state index in [9.17, 15) is 9.90 Å². The Bertz CT molecular complexity index is 197. The number of hydrogen-bond acceptors (Lipinski definition) is 4. The van der Waals surface area contributed by atoms with E-state index in [1.165, 1.54) is 12.8 Å². The third-order valence-electron chi connectivity index (χ3n) is 2.87. The Morgan fingerprint density at radius 1 is 1.35 bits per heavy atom. The van der Waals surface area contributed by atoms with Crippen molar-refractivity contribution in [2.75, 3.05) is 18.6 Å². The summed E-state index contributed by atoms with van der Waals surface area (Å²) in [6.45, 7) is 4.72. The average Bonchev–Trinajstić information content (AvgIpc) is 2.35. The van der Waals surface area contributed by atoms with Gasteiger partial charge in [-0.2, -0.15) is 11.8 Å². The highest BCUT2D eigenvalue weighted by atomic mass is 32.2. The molecule has 2 atom stereocenters. The number of ether oxygens (including phenoxy) is 1. The van der Waals surface area contributed by atoms with Gasteiger partial charge in [0.05, 0.1) is 6.61 Å². The maximum absolute atomic E-state index is 11.5. The third-order valence-corrected chi connectivity index (χ3v) is 3.52. The van der Waals surface area contributed by atoms with Gasteiger partial charge in [-0.3, -0.25) is 0 Å². The highest BCUT2D eigenvalue weighted by Crippen LogP contribution is 2.13. The first-order valence-electron chi connectivity index (χ1n) is 6.49. The molecule has 0 fully saturated rings. The lowest BCUT2D eigenvalue weighted by molar-refractivity contribution is -0.155. The Kier molecular flexibility index (Phi) is 10.8. The molecule has 0 saturated heterocycles. The van der Waals surface area contributed by atoms with Crippen LogP contribution >= 0.6 is 11.8 Å². The zero-order valence-electron chi connectivity index (χ0n) is 11.3. The van der Waals surface area contributed by atoms with E-state index in [1.807, 2.05) is 6.26 Å². The van der Waals surface area contributed by atoms with E-state index in [0.29, 0.717) is 18.9 Å². The number of thioether (sulfide) groups is 1. The van der Waals surface area contributed by atoms with E-state index in [1.54, 1.807) is 11.8 Å². The molecule has 102 valence electrons. The van der Waals surface area contributed by atoms with Crippen LogP contribution in [0.1, 0.15) is 46.0 Å². The maximum atomic E-state index is 11.5. The molecule has 0 bridgehead atoms. The van der Waals surface area contributed by atoms with Crippen LogP contribution < -0.4 is 0 Å².